The molecule has 0 aromatic carbocycles. The van der Waals surface area contributed by atoms with Crippen LogP contribution in [-0.4, -0.2) is 10.1 Å². The molecule has 1 aromatic heterocycles. The van der Waals surface area contributed by atoms with Crippen molar-refractivity contribution >= 4 is 0 Å². The Kier molecular flexibility index (Phi) is 3.14. The van der Waals surface area contributed by atoms with Gasteiger partial charge in [0.05, 0.1) is 6.04 Å². The second-order valence-corrected chi connectivity index (χ2v) is 5.54. The van der Waals surface area contributed by atoms with Crippen molar-refractivity contribution in [2.45, 2.75) is 63.3 Å². The smallest absolute Gasteiger partial charge is 0.229 e. The van der Waals surface area contributed by atoms with Crippen LogP contribution in [0, 0.1) is 5.92 Å². The largest absolute Gasteiger partial charge is 0.339 e. The summed E-state index contributed by atoms with van der Waals surface area (Å²) in [7, 11) is 0. The lowest BCUT2D eigenvalue weighted by Gasteiger charge is -2.18. The number of nitrogens with two attached hydrogens (primary N) is 1. The molecule has 4 heteroatoms. The van der Waals surface area contributed by atoms with Crippen molar-refractivity contribution in [3.8, 4) is 0 Å². The highest BCUT2D eigenvalue weighted by Crippen LogP contribution is 2.39. The second-order valence-electron chi connectivity index (χ2n) is 5.54. The first-order valence-electron chi connectivity index (χ1n) is 6.93. The minimum Gasteiger partial charge on any atom is -0.339 e. The number of hydrogen-bond acceptors (Lipinski definition) is 4. The van der Waals surface area contributed by atoms with Gasteiger partial charge in [0.2, 0.25) is 5.89 Å². The van der Waals surface area contributed by atoms with Crippen molar-refractivity contribution in [3.05, 3.63) is 11.7 Å². The molecule has 94 valence electrons. The van der Waals surface area contributed by atoms with Crippen LogP contribution >= 0.6 is 0 Å². The highest BCUT2D eigenvalue weighted by molar-refractivity contribution is 5.04. The van der Waals surface area contributed by atoms with Gasteiger partial charge in [0.25, 0.3) is 0 Å². The molecule has 2 N–H and O–H groups in total. The lowest BCUT2D eigenvalue weighted by molar-refractivity contribution is 0.339. The van der Waals surface area contributed by atoms with Crippen molar-refractivity contribution in [2.75, 3.05) is 0 Å². The molecule has 4 nitrogen and oxygen atoms in total. The second kappa shape index (κ2) is 4.77. The van der Waals surface area contributed by atoms with Crippen molar-refractivity contribution in [2.24, 2.45) is 11.7 Å². The molecule has 1 heterocycles. The van der Waals surface area contributed by atoms with Crippen LogP contribution in [0.4, 0.5) is 0 Å². The molecule has 1 aromatic rings. The summed E-state index contributed by atoms with van der Waals surface area (Å²) in [5, 5.41) is 4.07. The third-order valence-electron chi connectivity index (χ3n) is 4.09. The highest BCUT2D eigenvalue weighted by atomic mass is 16.5. The van der Waals surface area contributed by atoms with E-state index in [0.29, 0.717) is 11.8 Å². The van der Waals surface area contributed by atoms with Gasteiger partial charge in [-0.1, -0.05) is 30.8 Å². The van der Waals surface area contributed by atoms with E-state index in [2.05, 4.69) is 10.1 Å². The summed E-state index contributed by atoms with van der Waals surface area (Å²) in [6, 6.07) is -0.0238. The van der Waals surface area contributed by atoms with Gasteiger partial charge in [-0.05, 0) is 31.6 Å². The molecule has 0 bridgehead atoms. The number of hydrogen-bond donors (Lipinski definition) is 1. The van der Waals surface area contributed by atoms with Crippen LogP contribution in [-0.2, 0) is 0 Å². The van der Waals surface area contributed by atoms with E-state index in [1.807, 2.05) is 0 Å². The summed E-state index contributed by atoms with van der Waals surface area (Å²) in [4.78, 5) is 4.48. The zero-order valence-electron chi connectivity index (χ0n) is 10.3. The average Bonchev–Trinajstić information content (AvgIpc) is 3.13. The fraction of sp³-hybridized carbons (Fsp3) is 0.846. The first-order valence-corrected chi connectivity index (χ1v) is 6.93. The summed E-state index contributed by atoms with van der Waals surface area (Å²) < 4.78 is 5.29. The normalized spacial score (nSPS) is 24.5. The number of rotatable bonds is 3. The van der Waals surface area contributed by atoms with E-state index in [0.717, 1.165) is 11.7 Å². The molecule has 1 atom stereocenters. The summed E-state index contributed by atoms with van der Waals surface area (Å²) in [6.45, 7) is 0. The van der Waals surface area contributed by atoms with Crippen molar-refractivity contribution in [3.63, 3.8) is 0 Å². The molecule has 3 rings (SSSR count). The zero-order chi connectivity index (χ0) is 11.7. The molecule has 0 aliphatic heterocycles. The van der Waals surface area contributed by atoms with Gasteiger partial charge in [-0.15, -0.1) is 0 Å². The van der Waals surface area contributed by atoms with Gasteiger partial charge in [0, 0.05) is 5.92 Å². The Balaban J connectivity index is 1.68. The molecule has 2 saturated carbocycles. The van der Waals surface area contributed by atoms with Crippen LogP contribution in [0.5, 0.6) is 0 Å². The van der Waals surface area contributed by atoms with E-state index in [-0.39, 0.29) is 6.04 Å². The summed E-state index contributed by atoms with van der Waals surface area (Å²) >= 11 is 0. The molecule has 2 aliphatic rings. The molecule has 17 heavy (non-hydrogen) atoms. The molecular formula is C13H21N3O. The molecule has 0 spiro atoms. The van der Waals surface area contributed by atoms with Crippen LogP contribution < -0.4 is 5.73 Å². The lowest BCUT2D eigenvalue weighted by Crippen LogP contribution is -2.22. The maximum Gasteiger partial charge on any atom is 0.229 e. The first-order chi connectivity index (χ1) is 8.34. The molecule has 0 saturated heterocycles. The quantitative estimate of drug-likeness (QED) is 0.818. The molecule has 2 aliphatic carbocycles. The van der Waals surface area contributed by atoms with E-state index in [4.69, 9.17) is 10.3 Å². The van der Waals surface area contributed by atoms with E-state index in [1.165, 1.54) is 51.4 Å². The van der Waals surface area contributed by atoms with Gasteiger partial charge < -0.3 is 10.3 Å². The van der Waals surface area contributed by atoms with Crippen LogP contribution in [0.1, 0.15) is 75.0 Å². The van der Waals surface area contributed by atoms with Crippen molar-refractivity contribution < 1.29 is 4.52 Å². The first kappa shape index (κ1) is 11.2. The minimum atomic E-state index is -0.0238. The summed E-state index contributed by atoms with van der Waals surface area (Å²) in [6.07, 6.45) is 10.1. The van der Waals surface area contributed by atoms with Crippen molar-refractivity contribution in [1.82, 2.24) is 10.1 Å². The molecular weight excluding hydrogens is 214 g/mol. The van der Waals surface area contributed by atoms with Gasteiger partial charge in [-0.25, -0.2) is 0 Å². The van der Waals surface area contributed by atoms with Gasteiger partial charge in [0.15, 0.2) is 5.82 Å². The van der Waals surface area contributed by atoms with E-state index in [1.54, 1.807) is 0 Å². The maximum atomic E-state index is 6.29. The van der Waals surface area contributed by atoms with Crippen molar-refractivity contribution in [1.29, 1.82) is 0 Å². The van der Waals surface area contributed by atoms with Crippen LogP contribution in [0.3, 0.4) is 0 Å². The third kappa shape index (κ3) is 2.51. The molecule has 0 radical (unpaired) electrons. The summed E-state index contributed by atoms with van der Waals surface area (Å²) in [5.41, 5.74) is 6.29. The standard InChI is InChI=1S/C13H21N3O/c14-11(9-5-3-1-2-4-6-9)12-15-13(17-16-12)10-7-8-10/h9-11H,1-8,14H2. The lowest BCUT2D eigenvalue weighted by atomic mass is 9.92. The van der Waals surface area contributed by atoms with Gasteiger partial charge >= 0.3 is 0 Å². The third-order valence-corrected chi connectivity index (χ3v) is 4.09. The SMILES string of the molecule is NC(c1noc(C2CC2)n1)C1CCCCCC1. The Hall–Kier alpha value is -0.900. The Morgan fingerprint density at radius 1 is 1.06 bits per heavy atom. The van der Waals surface area contributed by atoms with Crippen LogP contribution in [0.25, 0.3) is 0 Å². The number of aromatic nitrogens is 2. The average molecular weight is 235 g/mol. The fourth-order valence-corrected chi connectivity index (χ4v) is 2.76. The Labute approximate surface area is 102 Å². The Morgan fingerprint density at radius 2 is 1.76 bits per heavy atom. The van der Waals surface area contributed by atoms with Gasteiger partial charge in [0.1, 0.15) is 0 Å². The maximum absolute atomic E-state index is 6.29. The fourth-order valence-electron chi connectivity index (χ4n) is 2.76. The molecule has 0 amide bonds. The van der Waals surface area contributed by atoms with Gasteiger partial charge in [-0.3, -0.25) is 0 Å². The Morgan fingerprint density at radius 3 is 2.41 bits per heavy atom. The van der Waals surface area contributed by atoms with E-state index in [9.17, 15) is 0 Å². The predicted octanol–water partition coefficient (Wildman–Crippen LogP) is 2.92. The minimum absolute atomic E-state index is 0.0238. The van der Waals surface area contributed by atoms with E-state index < -0.39 is 0 Å². The molecule has 2 fully saturated rings. The topological polar surface area (TPSA) is 64.9 Å². The molecule has 1 unspecified atom stereocenters. The van der Waals surface area contributed by atoms with Gasteiger partial charge in [-0.2, -0.15) is 4.98 Å². The highest BCUT2D eigenvalue weighted by Gasteiger charge is 2.31. The number of nitrogens with zero attached hydrogens (tertiary/aromatic N) is 2. The van der Waals surface area contributed by atoms with Crippen LogP contribution in [0.15, 0.2) is 4.52 Å². The predicted molar refractivity (Wildman–Crippen MR) is 64.4 cm³/mol. The monoisotopic (exact) mass is 235 g/mol. The van der Waals surface area contributed by atoms with Crippen LogP contribution in [0.2, 0.25) is 0 Å². The Bertz CT molecular complexity index is 364. The van der Waals surface area contributed by atoms with E-state index >= 15 is 0 Å². The summed E-state index contributed by atoms with van der Waals surface area (Å²) in [5.74, 6) is 2.61. The zero-order valence-corrected chi connectivity index (χ0v) is 10.3.